The van der Waals surface area contributed by atoms with Crippen molar-refractivity contribution < 1.29 is 4.79 Å². The van der Waals surface area contributed by atoms with Crippen LogP contribution in [0.2, 0.25) is 0 Å². The van der Waals surface area contributed by atoms with Crippen LogP contribution in [0.4, 0.5) is 0 Å². The number of amides is 1. The Morgan fingerprint density at radius 1 is 1.38 bits per heavy atom. The zero-order chi connectivity index (χ0) is 15.3. The van der Waals surface area contributed by atoms with Crippen LogP contribution in [-0.4, -0.2) is 30.9 Å². The van der Waals surface area contributed by atoms with Crippen molar-refractivity contribution in [3.05, 3.63) is 34.3 Å². The molecule has 1 fully saturated rings. The quantitative estimate of drug-likeness (QED) is 0.878. The van der Waals surface area contributed by atoms with Gasteiger partial charge in [-0.05, 0) is 50.0 Å². The topological polar surface area (TPSA) is 32.3 Å². The van der Waals surface area contributed by atoms with Crippen molar-refractivity contribution in [1.29, 1.82) is 0 Å². The minimum absolute atomic E-state index is 0.152. The number of halogens is 1. The van der Waals surface area contributed by atoms with E-state index in [1.165, 1.54) is 5.56 Å². The fraction of sp³-hybridized carbons (Fsp3) is 0.588. The molecule has 1 aromatic rings. The Kier molecular flexibility index (Phi) is 5.82. The van der Waals surface area contributed by atoms with Crippen LogP contribution >= 0.6 is 15.9 Å². The van der Waals surface area contributed by atoms with Gasteiger partial charge in [0.1, 0.15) is 0 Å². The highest BCUT2D eigenvalue weighted by molar-refractivity contribution is 9.10. The Bertz CT molecular complexity index is 478. The SMILES string of the molecule is CCCC1(C(=O)N(C)Cc2cccc(Br)c2)CCNCC1. The van der Waals surface area contributed by atoms with Crippen LogP contribution in [0.25, 0.3) is 0 Å². The summed E-state index contributed by atoms with van der Waals surface area (Å²) < 4.78 is 1.06. The van der Waals surface area contributed by atoms with Crippen LogP contribution in [0.3, 0.4) is 0 Å². The molecule has 116 valence electrons. The summed E-state index contributed by atoms with van der Waals surface area (Å²) in [5, 5.41) is 3.37. The maximum Gasteiger partial charge on any atom is 0.228 e. The number of hydrogen-bond acceptors (Lipinski definition) is 2. The van der Waals surface area contributed by atoms with Crippen molar-refractivity contribution >= 4 is 21.8 Å². The molecule has 0 atom stereocenters. The lowest BCUT2D eigenvalue weighted by Gasteiger charge is -2.39. The summed E-state index contributed by atoms with van der Waals surface area (Å²) in [5.41, 5.74) is 1.02. The van der Waals surface area contributed by atoms with E-state index in [1.54, 1.807) is 0 Å². The van der Waals surface area contributed by atoms with E-state index >= 15 is 0 Å². The summed E-state index contributed by atoms with van der Waals surface area (Å²) >= 11 is 3.49. The van der Waals surface area contributed by atoms with E-state index < -0.39 is 0 Å². The molecule has 0 spiro atoms. The van der Waals surface area contributed by atoms with Gasteiger partial charge in [-0.15, -0.1) is 0 Å². The molecule has 21 heavy (non-hydrogen) atoms. The van der Waals surface area contributed by atoms with Crippen LogP contribution in [0, 0.1) is 5.41 Å². The number of hydrogen-bond donors (Lipinski definition) is 1. The fourth-order valence-corrected chi connectivity index (χ4v) is 3.79. The van der Waals surface area contributed by atoms with E-state index in [9.17, 15) is 4.79 Å². The summed E-state index contributed by atoms with van der Waals surface area (Å²) in [5.74, 6) is 0.311. The van der Waals surface area contributed by atoms with Gasteiger partial charge in [0.05, 0.1) is 5.41 Å². The average molecular weight is 353 g/mol. The first-order chi connectivity index (χ1) is 10.1. The Balaban J connectivity index is 2.09. The number of benzene rings is 1. The van der Waals surface area contributed by atoms with Crippen molar-refractivity contribution in [2.75, 3.05) is 20.1 Å². The molecule has 1 heterocycles. The molecule has 2 rings (SSSR count). The van der Waals surface area contributed by atoms with Crippen LogP contribution in [0.5, 0.6) is 0 Å². The van der Waals surface area contributed by atoms with E-state index in [0.717, 1.165) is 43.2 Å². The molecule has 1 aliphatic rings. The second-order valence-electron chi connectivity index (χ2n) is 6.07. The first-order valence-electron chi connectivity index (χ1n) is 7.78. The van der Waals surface area contributed by atoms with Gasteiger partial charge in [0.2, 0.25) is 5.91 Å². The first-order valence-corrected chi connectivity index (χ1v) is 8.57. The number of carbonyl (C=O) groups excluding carboxylic acids is 1. The highest BCUT2D eigenvalue weighted by atomic mass is 79.9. The number of piperidine rings is 1. The van der Waals surface area contributed by atoms with Crippen molar-refractivity contribution in [3.8, 4) is 0 Å². The van der Waals surface area contributed by atoms with Gasteiger partial charge in [-0.3, -0.25) is 4.79 Å². The summed E-state index contributed by atoms with van der Waals surface area (Å²) in [7, 11) is 1.93. The molecule has 0 radical (unpaired) electrons. The van der Waals surface area contributed by atoms with Gasteiger partial charge < -0.3 is 10.2 Å². The van der Waals surface area contributed by atoms with Crippen LogP contribution in [-0.2, 0) is 11.3 Å². The van der Waals surface area contributed by atoms with E-state index in [2.05, 4.69) is 40.3 Å². The summed E-state index contributed by atoms with van der Waals surface area (Å²) in [6.45, 7) is 4.76. The van der Waals surface area contributed by atoms with Crippen LogP contribution < -0.4 is 5.32 Å². The summed E-state index contributed by atoms with van der Waals surface area (Å²) in [6.07, 6.45) is 3.98. The van der Waals surface area contributed by atoms with Crippen molar-refractivity contribution in [3.63, 3.8) is 0 Å². The van der Waals surface area contributed by atoms with Crippen molar-refractivity contribution in [2.45, 2.75) is 39.2 Å². The molecule has 1 saturated heterocycles. The lowest BCUT2D eigenvalue weighted by molar-refractivity contribution is -0.143. The smallest absolute Gasteiger partial charge is 0.228 e. The van der Waals surface area contributed by atoms with Crippen LogP contribution in [0.1, 0.15) is 38.2 Å². The Hall–Kier alpha value is -0.870. The molecule has 0 bridgehead atoms. The van der Waals surface area contributed by atoms with Gasteiger partial charge in [0.25, 0.3) is 0 Å². The zero-order valence-electron chi connectivity index (χ0n) is 13.0. The molecule has 1 amide bonds. The molecule has 4 heteroatoms. The summed E-state index contributed by atoms with van der Waals surface area (Å²) in [6, 6.07) is 8.18. The second kappa shape index (κ2) is 7.41. The van der Waals surface area contributed by atoms with Gasteiger partial charge in [0.15, 0.2) is 0 Å². The number of carbonyl (C=O) groups is 1. The third kappa shape index (κ3) is 4.07. The van der Waals surface area contributed by atoms with Gasteiger partial charge in [0, 0.05) is 18.1 Å². The second-order valence-corrected chi connectivity index (χ2v) is 6.99. The largest absolute Gasteiger partial charge is 0.341 e. The van der Waals surface area contributed by atoms with E-state index in [4.69, 9.17) is 0 Å². The molecule has 0 aromatic heterocycles. The number of rotatable bonds is 5. The maximum atomic E-state index is 13.0. The minimum Gasteiger partial charge on any atom is -0.341 e. The standard InChI is InChI=1S/C17H25BrN2O/c1-3-7-17(8-10-19-11-9-17)16(21)20(2)13-14-5-4-6-15(18)12-14/h4-6,12,19H,3,7-11,13H2,1-2H3. The van der Waals surface area contributed by atoms with E-state index in [1.807, 2.05) is 24.1 Å². The first kappa shape index (κ1) is 16.5. The molecule has 3 nitrogen and oxygen atoms in total. The monoisotopic (exact) mass is 352 g/mol. The van der Waals surface area contributed by atoms with Crippen molar-refractivity contribution in [1.82, 2.24) is 10.2 Å². The van der Waals surface area contributed by atoms with Gasteiger partial charge in [-0.2, -0.15) is 0 Å². The normalized spacial score (nSPS) is 17.5. The molecule has 0 aliphatic carbocycles. The molecule has 1 N–H and O–H groups in total. The highest BCUT2D eigenvalue weighted by Crippen LogP contribution is 2.36. The summed E-state index contributed by atoms with van der Waals surface area (Å²) in [4.78, 5) is 14.9. The highest BCUT2D eigenvalue weighted by Gasteiger charge is 2.40. The predicted molar refractivity (Wildman–Crippen MR) is 90.1 cm³/mol. The predicted octanol–water partition coefficient (Wildman–Crippen LogP) is 3.58. The Morgan fingerprint density at radius 3 is 2.71 bits per heavy atom. The molecular weight excluding hydrogens is 328 g/mol. The Labute approximate surface area is 136 Å². The molecule has 0 saturated carbocycles. The van der Waals surface area contributed by atoms with E-state index in [0.29, 0.717) is 12.5 Å². The molecule has 1 aromatic carbocycles. The van der Waals surface area contributed by atoms with Gasteiger partial charge >= 0.3 is 0 Å². The lowest BCUT2D eigenvalue weighted by Crippen LogP contribution is -2.47. The molecular formula is C17H25BrN2O. The molecule has 0 unspecified atom stereocenters. The molecule has 1 aliphatic heterocycles. The van der Waals surface area contributed by atoms with Crippen LogP contribution in [0.15, 0.2) is 28.7 Å². The van der Waals surface area contributed by atoms with Gasteiger partial charge in [-0.1, -0.05) is 41.4 Å². The minimum atomic E-state index is -0.152. The third-order valence-electron chi connectivity index (χ3n) is 4.40. The zero-order valence-corrected chi connectivity index (χ0v) is 14.6. The fourth-order valence-electron chi connectivity index (χ4n) is 3.34. The van der Waals surface area contributed by atoms with E-state index in [-0.39, 0.29) is 5.41 Å². The average Bonchev–Trinajstić information content (AvgIpc) is 2.47. The van der Waals surface area contributed by atoms with Crippen molar-refractivity contribution in [2.24, 2.45) is 5.41 Å². The lowest BCUT2D eigenvalue weighted by atomic mass is 9.74. The Morgan fingerprint density at radius 2 is 2.10 bits per heavy atom. The number of nitrogens with one attached hydrogen (secondary N) is 1. The number of nitrogens with zero attached hydrogens (tertiary/aromatic N) is 1. The maximum absolute atomic E-state index is 13.0. The van der Waals surface area contributed by atoms with Gasteiger partial charge in [-0.25, -0.2) is 0 Å². The third-order valence-corrected chi connectivity index (χ3v) is 4.89.